The number of allylic oxidation sites excluding steroid dienone is 16. The molecule has 22 aliphatic rings. The zero-order valence-corrected chi connectivity index (χ0v) is 90.0. The van der Waals surface area contributed by atoms with Gasteiger partial charge in [-0.15, -0.1) is 0 Å². The van der Waals surface area contributed by atoms with Crippen LogP contribution in [-0.2, 0) is 126 Å². The Labute approximate surface area is 862 Å². The lowest BCUT2D eigenvalue weighted by molar-refractivity contribution is -0.148. The van der Waals surface area contributed by atoms with Crippen molar-refractivity contribution in [2.24, 2.45) is 189 Å². The summed E-state index contributed by atoms with van der Waals surface area (Å²) in [6, 6.07) is -3.12. The maximum atomic E-state index is 15.1. The van der Waals surface area contributed by atoms with E-state index in [-0.39, 0.29) is 176 Å². The van der Waals surface area contributed by atoms with Crippen molar-refractivity contribution < 1.29 is 167 Å². The molecule has 6 aliphatic heterocycles. The average Bonchev–Trinajstić information content (AvgIpc) is 0.973. The van der Waals surface area contributed by atoms with Gasteiger partial charge in [-0.05, 0) is 217 Å². The lowest BCUT2D eigenvalue weighted by Gasteiger charge is -2.63. The van der Waals surface area contributed by atoms with Gasteiger partial charge in [0.2, 0.25) is 29.5 Å². The normalized spacial score (nSPS) is 43.4. The summed E-state index contributed by atoms with van der Waals surface area (Å²) in [6.45, 7) is -1.24. The van der Waals surface area contributed by atoms with Crippen LogP contribution in [-0.4, -0.2) is 239 Å². The van der Waals surface area contributed by atoms with E-state index < -0.39 is 350 Å². The Bertz CT molecular complexity index is 4570. The number of carbonyl (C=O) groups excluding carboxylic acids is 8. The zero-order chi connectivity index (χ0) is 104. The molecule has 0 aromatic carbocycles. The minimum absolute atomic E-state index is 0.00134. The second-order valence-electron chi connectivity index (χ2n) is 45.4. The third-order valence-electron chi connectivity index (χ3n) is 36.6. The van der Waals surface area contributed by atoms with Crippen molar-refractivity contribution in [1.29, 1.82) is 0 Å². The van der Waals surface area contributed by atoms with Gasteiger partial charge in [-0.1, -0.05) is 97.2 Å². The number of hydrogen-bond donors (Lipinski definition) is 13. The van der Waals surface area contributed by atoms with Gasteiger partial charge in [0.05, 0.1) is 76.9 Å². The maximum absolute atomic E-state index is 15.1. The highest BCUT2D eigenvalue weighted by Crippen LogP contribution is 2.61. The predicted molar refractivity (Wildman–Crippen MR) is 525 cm³/mol. The zero-order valence-electron chi connectivity index (χ0n) is 82.0. The summed E-state index contributed by atoms with van der Waals surface area (Å²) >= 11 is 0. The van der Waals surface area contributed by atoms with E-state index in [1.165, 1.54) is 0 Å². The van der Waals surface area contributed by atoms with Gasteiger partial charge in [-0.3, -0.25) is 76.7 Å². The molecule has 16 aliphatic carbocycles. The standard InChI is InChI=1S/C99H131N5O36Si8/c105-68(71-52-15-23-60(44-52)79(71)92(113)114)12-1-4-36-141-129-142(37-5-2-13-69(106)72-53-16-24-61(45-53)80(72)93(115)116)132-144(39-7-31-100-87(108)74-55-18-26-63(47-55)82(74)95(119)120)133-143(130-141,38-6-3-14-70(107)73-54-17-25-62(46-54)81(73)94(117)118)135-147(42-10-34-103-90(111)77-58-21-29-66(50-58)85(77)98(125)126)138-145(131-141,40-8-32-101-88(109)75-56-19-27-64(48-56)83(75)96(121)122)137-146(134-142,41-9-33-102-89(110)76-57-20-28-65(49-57)84(76)97(123)124)139-148(136-144,140-147)43-11-35-104-91(112)78-59-22-30-67(51-59)86(78)99(127)128/h15-30,52-67,71-86H,1-14,31-51H2,(H,100,108)(H,101,109)(H,102,110)(H,103,111)(H,104,112)(H,113,114)(H,115,116)(H,117,118)(H,119,120)(H,121,122)(H,123,124)(H,125,126)(H,127,128). The molecule has 0 spiro atoms. The van der Waals surface area contributed by atoms with Crippen LogP contribution in [0.3, 0.4) is 0 Å². The molecule has 800 valence electrons. The number of hydrogen-bond acceptors (Lipinski definition) is 28. The Morgan fingerprint density at radius 2 is 0.297 bits per heavy atom. The second kappa shape index (κ2) is 41.3. The van der Waals surface area contributed by atoms with Crippen LogP contribution in [0.15, 0.2) is 97.2 Å². The van der Waals surface area contributed by atoms with Gasteiger partial charge in [0.1, 0.15) is 17.3 Å². The monoisotopic (exact) mass is 2190 g/mol. The summed E-state index contributed by atoms with van der Waals surface area (Å²) in [5.41, 5.74) is 0. The lowest BCUT2D eigenvalue weighted by Crippen LogP contribution is -2.88. The molecule has 0 radical (unpaired) electrons. The second-order valence-corrected chi connectivity index (χ2v) is 70.1. The van der Waals surface area contributed by atoms with E-state index in [1.807, 2.05) is 66.8 Å². The third-order valence-corrected chi connectivity index (χ3v) is 74.2. The van der Waals surface area contributed by atoms with Gasteiger partial charge >= 0.3 is 118 Å². The van der Waals surface area contributed by atoms with E-state index in [2.05, 4.69) is 26.6 Å². The number of fused-ring (bicyclic) bond motifs is 16. The summed E-state index contributed by atoms with van der Waals surface area (Å²) in [5, 5.41) is 101. The topological polar surface area (TPSA) is 606 Å². The summed E-state index contributed by atoms with van der Waals surface area (Å²) in [6.07, 6.45) is 30.9. The number of ketones is 3. The fourth-order valence-electron chi connectivity index (χ4n) is 30.5. The molecule has 6 heterocycles. The van der Waals surface area contributed by atoms with Crippen molar-refractivity contribution in [2.45, 2.75) is 190 Å². The molecule has 24 bridgehead atoms. The van der Waals surface area contributed by atoms with Crippen LogP contribution in [0, 0.1) is 189 Å². The first kappa shape index (κ1) is 105. The first-order valence-corrected chi connectivity index (χ1v) is 69.0. The van der Waals surface area contributed by atoms with Crippen molar-refractivity contribution in [3.63, 3.8) is 0 Å². The highest BCUT2D eigenvalue weighted by atomic mass is 28.6. The van der Waals surface area contributed by atoms with Gasteiger partial charge in [-0.25, -0.2) is 0 Å². The molecule has 6 saturated heterocycles. The SMILES string of the molecule is O=C(O)C1C2C=CC(C2)C1C(=O)CCCC[Si]12O[Si]3(CCCCC(=O)C4C5C=CC(C5)C4C(=O)O)O[Si]4(CCCNC(=O)C5C6C=CC(C6)C5C(=O)O)O[Si](CCCCC(=O)C5C6C=CC(C6)C5C(=O)O)(O1)O[Si]1(CCCNC(=O)C5C6C=CC(C6)C5C(=O)O)O[Si](CCCNC(=O)C5C6C=CC(C6)C5C(=O)O)(O2)O[Si](CCCNC(=O)C2C5C=CC(C5)C2C(=O)O)(O3)O[Si](CCCNC(=O)C2C3C=CC(C3)C2C(=O)O)(O4)O1. The number of Topliss-reactive ketones (excluding diaryl/α,β-unsaturated/α-hetero) is 3. The Morgan fingerprint density at radius 3 is 0.439 bits per heavy atom. The number of amides is 5. The van der Waals surface area contributed by atoms with E-state index in [4.69, 9.17) is 49.4 Å². The first-order chi connectivity index (χ1) is 70.8. The fraction of sp³-hybridized carbons (Fsp3) is 0.677. The van der Waals surface area contributed by atoms with Gasteiger partial charge in [0, 0.05) is 118 Å². The maximum Gasteiger partial charge on any atom is 0.478 e. The minimum atomic E-state index is -5.45. The lowest BCUT2D eigenvalue weighted by atomic mass is 9.79. The Morgan fingerprint density at radius 1 is 0.176 bits per heavy atom. The summed E-state index contributed by atoms with van der Waals surface area (Å²) in [5.74, 6) is -36.2. The largest absolute Gasteiger partial charge is 0.481 e. The van der Waals surface area contributed by atoms with Crippen molar-refractivity contribution in [3.05, 3.63) is 97.2 Å². The smallest absolute Gasteiger partial charge is 0.478 e. The molecule has 8 saturated carbocycles. The van der Waals surface area contributed by atoms with Crippen LogP contribution >= 0.6 is 0 Å². The van der Waals surface area contributed by atoms with Gasteiger partial charge in [-0.2, -0.15) is 0 Å². The molecular weight excluding hydrogens is 2060 g/mol. The first-order valence-electron chi connectivity index (χ1n) is 53.5. The average molecular weight is 2190 g/mol. The summed E-state index contributed by atoms with van der Waals surface area (Å²) < 4.78 is 99.6. The molecule has 148 heavy (non-hydrogen) atoms. The highest BCUT2D eigenvalue weighted by Gasteiger charge is 2.84. The number of carboxylic acids is 8. The number of rotatable bonds is 51. The van der Waals surface area contributed by atoms with E-state index in [0.29, 0.717) is 51.4 Å². The van der Waals surface area contributed by atoms with Crippen molar-refractivity contribution in [3.8, 4) is 0 Å². The van der Waals surface area contributed by atoms with Crippen LogP contribution < -0.4 is 26.6 Å². The van der Waals surface area contributed by atoms with E-state index in [9.17, 15) is 79.2 Å². The third kappa shape index (κ3) is 19.8. The van der Waals surface area contributed by atoms with Crippen LogP contribution in [0.4, 0.5) is 0 Å². The molecule has 49 heteroatoms. The Hall–Kier alpha value is -8.70. The predicted octanol–water partition coefficient (Wildman–Crippen LogP) is 7.70. The molecule has 36 unspecified atom stereocenters. The fourth-order valence-corrected chi connectivity index (χ4v) is 81.2. The summed E-state index contributed by atoms with van der Waals surface area (Å²) in [4.78, 5) is 226. The van der Waals surface area contributed by atoms with E-state index in [0.717, 1.165) is 0 Å². The van der Waals surface area contributed by atoms with Crippen molar-refractivity contribution in [2.75, 3.05) is 32.7 Å². The Balaban J connectivity index is 0.724. The van der Waals surface area contributed by atoms with Crippen LogP contribution in [0.1, 0.15) is 141 Å². The Kier molecular flexibility index (Phi) is 29.3. The molecule has 14 fully saturated rings. The van der Waals surface area contributed by atoms with Crippen molar-refractivity contribution in [1.82, 2.24) is 26.6 Å². The molecular formula is C99H131N5O36Si8. The van der Waals surface area contributed by atoms with Crippen LogP contribution in [0.25, 0.3) is 0 Å². The van der Waals surface area contributed by atoms with Crippen LogP contribution in [0.5, 0.6) is 0 Å². The number of carboxylic acid groups (broad SMARTS) is 8. The number of nitrogens with one attached hydrogen (secondary N) is 5. The quantitative estimate of drug-likeness (QED) is 0.0157. The van der Waals surface area contributed by atoms with Gasteiger partial charge < -0.3 is 117 Å². The number of unbranched alkanes of at least 4 members (excludes halogenated alkanes) is 3. The van der Waals surface area contributed by atoms with Crippen molar-refractivity contribution >= 4 is 165 Å². The number of aliphatic carboxylic acids is 8. The molecule has 0 aromatic rings. The molecule has 41 nitrogen and oxygen atoms in total. The molecule has 13 N–H and O–H groups in total. The minimum Gasteiger partial charge on any atom is -0.481 e. The highest BCUT2D eigenvalue weighted by molar-refractivity contribution is 7.03. The van der Waals surface area contributed by atoms with E-state index in [1.54, 1.807) is 30.4 Å². The van der Waals surface area contributed by atoms with Gasteiger partial charge in [0.15, 0.2) is 0 Å². The van der Waals surface area contributed by atoms with Crippen LogP contribution in [0.2, 0.25) is 48.4 Å². The molecule has 36 atom stereocenters. The summed E-state index contributed by atoms with van der Waals surface area (Å²) in [7, 11) is -43.4. The molecule has 22 rings (SSSR count). The molecule has 0 aromatic heterocycles. The molecule has 5 amide bonds. The van der Waals surface area contributed by atoms with E-state index >= 15 is 38.4 Å². The number of carbonyl (C=O) groups is 16. The van der Waals surface area contributed by atoms with Gasteiger partial charge in [0.25, 0.3) is 0 Å².